The highest BCUT2D eigenvalue weighted by Gasteiger charge is 2.53. The Bertz CT molecular complexity index is 504. The van der Waals surface area contributed by atoms with Crippen molar-refractivity contribution in [3.05, 3.63) is 23.8 Å². The largest absolute Gasteiger partial charge is 0.458 e. The van der Waals surface area contributed by atoms with Crippen LogP contribution in [-0.2, 0) is 14.3 Å². The summed E-state index contributed by atoms with van der Waals surface area (Å²) in [5.41, 5.74) is 1.35. The van der Waals surface area contributed by atoms with Crippen LogP contribution in [0.1, 0.15) is 20.3 Å². The zero-order valence-electron chi connectivity index (χ0n) is 11.1. The summed E-state index contributed by atoms with van der Waals surface area (Å²) < 4.78 is 5.32. The van der Waals surface area contributed by atoms with Crippen molar-refractivity contribution in [2.24, 2.45) is 23.7 Å². The highest BCUT2D eigenvalue weighted by molar-refractivity contribution is 5.96. The SMILES string of the molecule is C=C1C(=O)OC2CC(C)C3=CC(=O)C(C)C3C(O)C12. The molecular formula is C15H18O4. The minimum atomic E-state index is -0.762. The molecule has 6 atom stereocenters. The van der Waals surface area contributed by atoms with E-state index in [0.717, 1.165) is 5.57 Å². The van der Waals surface area contributed by atoms with Crippen molar-refractivity contribution < 1.29 is 19.4 Å². The van der Waals surface area contributed by atoms with Crippen LogP contribution in [0.2, 0.25) is 0 Å². The van der Waals surface area contributed by atoms with Gasteiger partial charge in [-0.15, -0.1) is 0 Å². The van der Waals surface area contributed by atoms with E-state index in [1.54, 1.807) is 6.08 Å². The summed E-state index contributed by atoms with van der Waals surface area (Å²) in [4.78, 5) is 23.5. The van der Waals surface area contributed by atoms with Crippen LogP contribution in [0.4, 0.5) is 0 Å². The molecule has 102 valence electrons. The minimum absolute atomic E-state index is 0.0696. The van der Waals surface area contributed by atoms with E-state index < -0.39 is 12.1 Å². The first-order valence-electron chi connectivity index (χ1n) is 6.75. The molecule has 0 radical (unpaired) electrons. The van der Waals surface area contributed by atoms with E-state index in [-0.39, 0.29) is 35.6 Å². The van der Waals surface area contributed by atoms with Crippen LogP contribution >= 0.6 is 0 Å². The van der Waals surface area contributed by atoms with Gasteiger partial charge in [0.1, 0.15) is 6.10 Å². The fourth-order valence-corrected chi connectivity index (χ4v) is 3.80. The standard InChI is InChI=1S/C15H18O4/c1-6-4-11-13(8(3)15(18)19-11)14(17)12-7(2)10(16)5-9(6)12/h5-7,11-14,17H,3-4H2,1-2H3. The summed E-state index contributed by atoms with van der Waals surface area (Å²) >= 11 is 0. The molecule has 6 unspecified atom stereocenters. The van der Waals surface area contributed by atoms with Crippen molar-refractivity contribution in [1.82, 2.24) is 0 Å². The van der Waals surface area contributed by atoms with Crippen molar-refractivity contribution in [2.75, 3.05) is 0 Å². The Labute approximate surface area is 112 Å². The van der Waals surface area contributed by atoms with Gasteiger partial charge in [0.15, 0.2) is 5.78 Å². The molecule has 19 heavy (non-hydrogen) atoms. The molecule has 2 aliphatic carbocycles. The Kier molecular flexibility index (Phi) is 2.68. The summed E-state index contributed by atoms with van der Waals surface area (Å²) in [6.45, 7) is 7.62. The number of carbonyl (C=O) groups is 2. The van der Waals surface area contributed by atoms with E-state index >= 15 is 0 Å². The van der Waals surface area contributed by atoms with E-state index in [2.05, 4.69) is 6.58 Å². The van der Waals surface area contributed by atoms with Gasteiger partial charge in [-0.05, 0) is 18.4 Å². The Morgan fingerprint density at radius 2 is 2.00 bits per heavy atom. The van der Waals surface area contributed by atoms with Gasteiger partial charge in [-0.1, -0.05) is 26.0 Å². The first-order valence-corrected chi connectivity index (χ1v) is 6.75. The molecule has 0 aromatic heterocycles. The Hall–Kier alpha value is -1.42. The molecule has 0 bridgehead atoms. The van der Waals surface area contributed by atoms with Crippen LogP contribution < -0.4 is 0 Å². The molecule has 1 aliphatic heterocycles. The van der Waals surface area contributed by atoms with Gasteiger partial charge in [0, 0.05) is 17.4 Å². The summed E-state index contributed by atoms with van der Waals surface area (Å²) in [5, 5.41) is 10.6. The van der Waals surface area contributed by atoms with Gasteiger partial charge in [0.25, 0.3) is 0 Å². The van der Waals surface area contributed by atoms with Gasteiger partial charge in [-0.25, -0.2) is 4.79 Å². The molecule has 1 saturated carbocycles. The van der Waals surface area contributed by atoms with E-state index in [4.69, 9.17) is 4.74 Å². The number of ketones is 1. The Morgan fingerprint density at radius 1 is 1.32 bits per heavy atom. The van der Waals surface area contributed by atoms with Gasteiger partial charge in [0.05, 0.1) is 12.0 Å². The number of rotatable bonds is 0. The predicted molar refractivity (Wildman–Crippen MR) is 68.0 cm³/mol. The van der Waals surface area contributed by atoms with Crippen molar-refractivity contribution in [3.8, 4) is 0 Å². The molecular weight excluding hydrogens is 244 g/mol. The first-order chi connectivity index (χ1) is 8.91. The maximum absolute atomic E-state index is 11.9. The number of fused-ring (bicyclic) bond motifs is 2. The molecule has 2 fully saturated rings. The van der Waals surface area contributed by atoms with Crippen molar-refractivity contribution >= 4 is 11.8 Å². The molecule has 4 heteroatoms. The number of allylic oxidation sites excluding steroid dienone is 1. The second-order valence-corrected chi connectivity index (χ2v) is 5.98. The van der Waals surface area contributed by atoms with Gasteiger partial charge in [0.2, 0.25) is 0 Å². The molecule has 3 rings (SSSR count). The topological polar surface area (TPSA) is 63.6 Å². The smallest absolute Gasteiger partial charge is 0.334 e. The van der Waals surface area contributed by atoms with E-state index in [1.165, 1.54) is 0 Å². The fourth-order valence-electron chi connectivity index (χ4n) is 3.80. The van der Waals surface area contributed by atoms with Crippen LogP contribution in [-0.4, -0.2) is 29.1 Å². The molecule has 4 nitrogen and oxygen atoms in total. The van der Waals surface area contributed by atoms with E-state index in [1.807, 2.05) is 13.8 Å². The monoisotopic (exact) mass is 262 g/mol. The van der Waals surface area contributed by atoms with Crippen molar-refractivity contribution in [2.45, 2.75) is 32.5 Å². The van der Waals surface area contributed by atoms with Crippen molar-refractivity contribution in [1.29, 1.82) is 0 Å². The van der Waals surface area contributed by atoms with Crippen LogP contribution in [0, 0.1) is 23.7 Å². The van der Waals surface area contributed by atoms with Crippen LogP contribution in [0.3, 0.4) is 0 Å². The number of aliphatic hydroxyl groups is 1. The predicted octanol–water partition coefficient (Wildman–Crippen LogP) is 1.25. The molecule has 0 spiro atoms. The highest BCUT2D eigenvalue weighted by Crippen LogP contribution is 2.48. The lowest BCUT2D eigenvalue weighted by Crippen LogP contribution is -2.36. The maximum atomic E-state index is 11.9. The molecule has 1 saturated heterocycles. The third-order valence-electron chi connectivity index (χ3n) is 4.90. The molecule has 1 heterocycles. The summed E-state index contributed by atoms with van der Waals surface area (Å²) in [6.07, 6.45) is 1.25. The second kappa shape index (κ2) is 4.04. The first kappa shape index (κ1) is 12.6. The highest BCUT2D eigenvalue weighted by atomic mass is 16.6. The fraction of sp³-hybridized carbons (Fsp3) is 0.600. The number of hydrogen-bond donors (Lipinski definition) is 1. The lowest BCUT2D eigenvalue weighted by Gasteiger charge is -2.27. The zero-order chi connectivity index (χ0) is 13.9. The maximum Gasteiger partial charge on any atom is 0.334 e. The van der Waals surface area contributed by atoms with Gasteiger partial charge < -0.3 is 9.84 Å². The quantitative estimate of drug-likeness (QED) is 0.527. The minimum Gasteiger partial charge on any atom is -0.458 e. The third-order valence-corrected chi connectivity index (χ3v) is 4.90. The number of aliphatic hydroxyl groups excluding tert-OH is 1. The Morgan fingerprint density at radius 3 is 2.68 bits per heavy atom. The zero-order valence-corrected chi connectivity index (χ0v) is 11.1. The number of esters is 1. The Balaban J connectivity index is 2.03. The number of carbonyl (C=O) groups excluding carboxylic acids is 2. The van der Waals surface area contributed by atoms with Crippen LogP contribution in [0.15, 0.2) is 23.8 Å². The van der Waals surface area contributed by atoms with Crippen LogP contribution in [0.5, 0.6) is 0 Å². The average Bonchev–Trinajstić information content (AvgIpc) is 2.75. The number of hydrogen-bond acceptors (Lipinski definition) is 4. The normalized spacial score (nSPS) is 45.4. The molecule has 0 aromatic carbocycles. The van der Waals surface area contributed by atoms with E-state index in [0.29, 0.717) is 12.0 Å². The summed E-state index contributed by atoms with van der Waals surface area (Å²) in [5.74, 6) is -1.01. The summed E-state index contributed by atoms with van der Waals surface area (Å²) in [6, 6.07) is 0. The third kappa shape index (κ3) is 1.62. The lowest BCUT2D eigenvalue weighted by molar-refractivity contribution is -0.140. The van der Waals surface area contributed by atoms with Crippen LogP contribution in [0.25, 0.3) is 0 Å². The van der Waals surface area contributed by atoms with Gasteiger partial charge >= 0.3 is 5.97 Å². The molecule has 0 amide bonds. The van der Waals surface area contributed by atoms with E-state index in [9.17, 15) is 14.7 Å². The second-order valence-electron chi connectivity index (χ2n) is 5.98. The lowest BCUT2D eigenvalue weighted by atomic mass is 9.79. The summed E-state index contributed by atoms with van der Waals surface area (Å²) in [7, 11) is 0. The molecule has 0 aromatic rings. The number of ether oxygens (including phenoxy) is 1. The van der Waals surface area contributed by atoms with Gasteiger partial charge in [-0.2, -0.15) is 0 Å². The molecule has 1 N–H and O–H groups in total. The average molecular weight is 262 g/mol. The molecule has 3 aliphatic rings. The van der Waals surface area contributed by atoms with Gasteiger partial charge in [-0.3, -0.25) is 4.79 Å². The van der Waals surface area contributed by atoms with Crippen molar-refractivity contribution in [3.63, 3.8) is 0 Å².